The molecule has 0 aliphatic carbocycles. The average molecular weight is 431 g/mol. The fourth-order valence-electron chi connectivity index (χ4n) is 2.50. The zero-order valence-electron chi connectivity index (χ0n) is 17.3. The lowest BCUT2D eigenvalue weighted by atomic mass is 10.1. The molecule has 1 atom stereocenters. The van der Waals surface area contributed by atoms with Crippen LogP contribution in [-0.4, -0.2) is 18.5 Å². The van der Waals surface area contributed by atoms with Gasteiger partial charge in [-0.1, -0.05) is 43.9 Å². The first-order valence-electron chi connectivity index (χ1n) is 9.76. The molecule has 0 fully saturated rings. The smallest absolute Gasteiger partial charge is 0.334 e. The molecule has 0 heterocycles. The summed E-state index contributed by atoms with van der Waals surface area (Å²) in [6, 6.07) is 11.4. The van der Waals surface area contributed by atoms with E-state index in [0.717, 1.165) is 24.1 Å². The first-order chi connectivity index (χ1) is 14.7. The van der Waals surface area contributed by atoms with E-state index in [9.17, 15) is 22.8 Å². The molecule has 0 bridgehead atoms. The maximum Gasteiger partial charge on any atom is 0.416 e. The summed E-state index contributed by atoms with van der Waals surface area (Å²) in [7, 11) is 0. The number of hydrogen-bond donors (Lipinski definition) is 3. The van der Waals surface area contributed by atoms with E-state index in [2.05, 4.69) is 27.8 Å². The molecule has 2 rings (SSSR count). The van der Waals surface area contributed by atoms with Crippen molar-refractivity contribution in [2.75, 3.05) is 11.9 Å². The van der Waals surface area contributed by atoms with Gasteiger partial charge < -0.3 is 16.0 Å². The zero-order chi connectivity index (χ0) is 22.9. The largest absolute Gasteiger partial charge is 0.416 e. The summed E-state index contributed by atoms with van der Waals surface area (Å²) >= 11 is 0. The highest BCUT2D eigenvalue weighted by Gasteiger charge is 2.30. The molecule has 8 heteroatoms. The standard InChI is InChI=1S/C23H24F3N3O2/c1-3-16(2)21(30)29-20-11-5-8-18(14-20)15-28-22(31)27-12-6-9-17-7-4-10-19(13-17)23(24,25)26/h4-5,7-8,10-11,13-14,16H,3,12,15H2,1-2H3,(H,29,30)(H2,27,28,31). The third-order valence-corrected chi connectivity index (χ3v) is 4.47. The Bertz CT molecular complexity index is 978. The van der Waals surface area contributed by atoms with Crippen LogP contribution in [0.25, 0.3) is 0 Å². The molecule has 0 saturated carbocycles. The highest BCUT2D eigenvalue weighted by atomic mass is 19.4. The molecule has 0 saturated heterocycles. The van der Waals surface area contributed by atoms with Crippen LogP contribution in [0.5, 0.6) is 0 Å². The quantitative estimate of drug-likeness (QED) is 0.588. The highest BCUT2D eigenvalue weighted by Crippen LogP contribution is 2.29. The summed E-state index contributed by atoms with van der Waals surface area (Å²) in [5.41, 5.74) is 0.893. The average Bonchev–Trinajstić information content (AvgIpc) is 2.74. The molecule has 0 aliphatic rings. The Balaban J connectivity index is 1.81. The lowest BCUT2D eigenvalue weighted by Crippen LogP contribution is -2.35. The van der Waals surface area contributed by atoms with Crippen molar-refractivity contribution in [3.05, 3.63) is 65.2 Å². The maximum atomic E-state index is 12.7. The number of halogens is 3. The Labute approximate surface area is 179 Å². The minimum atomic E-state index is -4.43. The molecular weight excluding hydrogens is 407 g/mol. The SMILES string of the molecule is CCC(C)C(=O)Nc1cccc(CNC(=O)NCC#Cc2cccc(C(F)(F)F)c2)c1. The van der Waals surface area contributed by atoms with Crippen molar-refractivity contribution in [3.63, 3.8) is 0 Å². The molecule has 1 unspecified atom stereocenters. The minimum Gasteiger partial charge on any atom is -0.334 e. The van der Waals surface area contributed by atoms with Crippen molar-refractivity contribution >= 4 is 17.6 Å². The van der Waals surface area contributed by atoms with Gasteiger partial charge in [0.05, 0.1) is 12.1 Å². The van der Waals surface area contributed by atoms with E-state index in [1.165, 1.54) is 12.1 Å². The van der Waals surface area contributed by atoms with Crippen LogP contribution in [0, 0.1) is 17.8 Å². The third-order valence-electron chi connectivity index (χ3n) is 4.47. The van der Waals surface area contributed by atoms with Gasteiger partial charge in [-0.25, -0.2) is 4.79 Å². The molecule has 0 aromatic heterocycles. The number of amides is 3. The predicted octanol–water partition coefficient (Wildman–Crippen LogP) is 4.54. The second-order valence-corrected chi connectivity index (χ2v) is 6.92. The van der Waals surface area contributed by atoms with Gasteiger partial charge in [0.25, 0.3) is 0 Å². The van der Waals surface area contributed by atoms with Crippen molar-refractivity contribution in [1.82, 2.24) is 10.6 Å². The number of carbonyl (C=O) groups is 2. The number of urea groups is 1. The summed E-state index contributed by atoms with van der Waals surface area (Å²) in [5.74, 6) is 5.05. The van der Waals surface area contributed by atoms with Crippen LogP contribution in [0.15, 0.2) is 48.5 Å². The van der Waals surface area contributed by atoms with Crippen LogP contribution < -0.4 is 16.0 Å². The molecule has 2 aromatic rings. The minimum absolute atomic E-state index is 0.0208. The third kappa shape index (κ3) is 8.05. The molecule has 0 aliphatic heterocycles. The summed E-state index contributed by atoms with van der Waals surface area (Å²) in [6.45, 7) is 4.00. The molecule has 3 amide bonds. The van der Waals surface area contributed by atoms with Gasteiger partial charge >= 0.3 is 12.2 Å². The molecule has 5 nitrogen and oxygen atoms in total. The maximum absolute atomic E-state index is 12.7. The molecule has 164 valence electrons. The monoisotopic (exact) mass is 431 g/mol. The summed E-state index contributed by atoms with van der Waals surface area (Å²) in [6.07, 6.45) is -3.69. The Hall–Kier alpha value is -3.47. The fourth-order valence-corrected chi connectivity index (χ4v) is 2.50. The number of benzene rings is 2. The van der Waals surface area contributed by atoms with E-state index >= 15 is 0 Å². The van der Waals surface area contributed by atoms with Gasteiger partial charge in [-0.3, -0.25) is 4.79 Å². The normalized spacial score (nSPS) is 11.6. The van der Waals surface area contributed by atoms with Gasteiger partial charge in [-0.2, -0.15) is 13.2 Å². The Morgan fingerprint density at radius 3 is 2.52 bits per heavy atom. The van der Waals surface area contributed by atoms with Crippen molar-refractivity contribution in [2.24, 2.45) is 5.92 Å². The van der Waals surface area contributed by atoms with E-state index in [1.807, 2.05) is 19.9 Å². The Kier molecular flexibility index (Phi) is 8.50. The molecular formula is C23H24F3N3O2. The first-order valence-corrected chi connectivity index (χ1v) is 9.76. The van der Waals surface area contributed by atoms with Crippen LogP contribution in [-0.2, 0) is 17.5 Å². The number of nitrogens with one attached hydrogen (secondary N) is 3. The van der Waals surface area contributed by atoms with Crippen molar-refractivity contribution in [2.45, 2.75) is 33.0 Å². The number of anilines is 1. The molecule has 0 spiro atoms. The van der Waals surface area contributed by atoms with E-state index in [1.54, 1.807) is 18.2 Å². The summed E-state index contributed by atoms with van der Waals surface area (Å²) in [5, 5.41) is 8.02. The van der Waals surface area contributed by atoms with Crippen LogP contribution in [0.1, 0.15) is 37.0 Å². The van der Waals surface area contributed by atoms with Crippen LogP contribution in [0.3, 0.4) is 0 Å². The van der Waals surface area contributed by atoms with Gasteiger partial charge in [-0.15, -0.1) is 0 Å². The Morgan fingerprint density at radius 2 is 1.81 bits per heavy atom. The number of alkyl halides is 3. The second-order valence-electron chi connectivity index (χ2n) is 6.92. The van der Waals surface area contributed by atoms with Crippen LogP contribution in [0.4, 0.5) is 23.7 Å². The van der Waals surface area contributed by atoms with Gasteiger partial charge in [0.2, 0.25) is 5.91 Å². The van der Waals surface area contributed by atoms with Crippen LogP contribution in [0.2, 0.25) is 0 Å². The fraction of sp³-hybridized carbons (Fsp3) is 0.304. The van der Waals surface area contributed by atoms with Crippen LogP contribution >= 0.6 is 0 Å². The van der Waals surface area contributed by atoms with Crippen molar-refractivity contribution in [3.8, 4) is 11.8 Å². The second kappa shape index (κ2) is 11.1. The predicted molar refractivity (Wildman–Crippen MR) is 113 cm³/mol. The van der Waals surface area contributed by atoms with E-state index in [-0.39, 0.29) is 30.5 Å². The first kappa shape index (κ1) is 23.8. The number of rotatable bonds is 6. The van der Waals surface area contributed by atoms with E-state index in [4.69, 9.17) is 0 Å². The van der Waals surface area contributed by atoms with Gasteiger partial charge in [0, 0.05) is 23.7 Å². The van der Waals surface area contributed by atoms with Gasteiger partial charge in [-0.05, 0) is 42.3 Å². The lowest BCUT2D eigenvalue weighted by Gasteiger charge is -2.11. The van der Waals surface area contributed by atoms with Gasteiger partial charge in [0.15, 0.2) is 0 Å². The van der Waals surface area contributed by atoms with E-state index in [0.29, 0.717) is 5.69 Å². The lowest BCUT2D eigenvalue weighted by molar-refractivity contribution is -0.137. The molecule has 2 aromatic carbocycles. The summed E-state index contributed by atoms with van der Waals surface area (Å²) in [4.78, 5) is 23.9. The van der Waals surface area contributed by atoms with E-state index < -0.39 is 17.8 Å². The van der Waals surface area contributed by atoms with Crippen molar-refractivity contribution < 1.29 is 22.8 Å². The molecule has 0 radical (unpaired) electrons. The highest BCUT2D eigenvalue weighted by molar-refractivity contribution is 5.92. The molecule has 3 N–H and O–H groups in total. The number of carbonyl (C=O) groups excluding carboxylic acids is 2. The Morgan fingerprint density at radius 1 is 1.06 bits per heavy atom. The van der Waals surface area contributed by atoms with Gasteiger partial charge in [0.1, 0.15) is 0 Å². The van der Waals surface area contributed by atoms with Crippen molar-refractivity contribution in [1.29, 1.82) is 0 Å². The molecule has 31 heavy (non-hydrogen) atoms. The topological polar surface area (TPSA) is 70.2 Å². The summed E-state index contributed by atoms with van der Waals surface area (Å²) < 4.78 is 38.1. The number of hydrogen-bond acceptors (Lipinski definition) is 2. The zero-order valence-corrected chi connectivity index (χ0v) is 17.3.